The van der Waals surface area contributed by atoms with Crippen LogP contribution in [0.2, 0.25) is 0 Å². The Bertz CT molecular complexity index is 521. The second-order valence-corrected chi connectivity index (χ2v) is 5.78. The number of halogens is 1. The predicted octanol–water partition coefficient (Wildman–Crippen LogP) is 0.825. The first-order chi connectivity index (χ1) is 11.1. The minimum absolute atomic E-state index is 0. The second-order valence-electron chi connectivity index (χ2n) is 5.78. The predicted molar refractivity (Wildman–Crippen MR) is 98.7 cm³/mol. The maximum atomic E-state index is 12.5. The van der Waals surface area contributed by atoms with Crippen molar-refractivity contribution in [2.75, 3.05) is 57.8 Å². The van der Waals surface area contributed by atoms with Crippen LogP contribution in [0.3, 0.4) is 0 Å². The average Bonchev–Trinajstić information content (AvgIpc) is 2.57. The van der Waals surface area contributed by atoms with E-state index in [1.807, 2.05) is 49.2 Å². The van der Waals surface area contributed by atoms with Crippen molar-refractivity contribution in [3.05, 3.63) is 30.3 Å². The molecule has 1 saturated heterocycles. The highest BCUT2D eigenvalue weighted by Gasteiger charge is 2.20. The van der Waals surface area contributed by atoms with Gasteiger partial charge in [-0.05, 0) is 26.1 Å². The largest absolute Gasteiger partial charge is 0.339 e. The van der Waals surface area contributed by atoms with Crippen molar-refractivity contribution in [2.45, 2.75) is 6.92 Å². The van der Waals surface area contributed by atoms with Crippen LogP contribution >= 0.6 is 12.4 Å². The average molecular weight is 355 g/mol. The first kappa shape index (κ1) is 20.4. The zero-order valence-electron chi connectivity index (χ0n) is 14.4. The monoisotopic (exact) mass is 354 g/mol. The Kier molecular flexibility index (Phi) is 8.74. The summed E-state index contributed by atoms with van der Waals surface area (Å²) in [5.41, 5.74) is 0.891. The number of likely N-dealkylation sites (N-methyl/N-ethyl adjacent to an activating group) is 2. The molecule has 0 bridgehead atoms. The van der Waals surface area contributed by atoms with E-state index in [1.54, 1.807) is 9.80 Å². The Morgan fingerprint density at radius 1 is 1.12 bits per heavy atom. The maximum absolute atomic E-state index is 12.5. The summed E-state index contributed by atoms with van der Waals surface area (Å²) in [7, 11) is 1.82. The number of carbonyl (C=O) groups excluding carboxylic acids is 2. The molecule has 1 fully saturated rings. The van der Waals surface area contributed by atoms with Crippen LogP contribution in [-0.2, 0) is 9.59 Å². The van der Waals surface area contributed by atoms with Crippen molar-refractivity contribution >= 4 is 29.9 Å². The van der Waals surface area contributed by atoms with E-state index in [0.29, 0.717) is 6.54 Å². The molecule has 24 heavy (non-hydrogen) atoms. The lowest BCUT2D eigenvalue weighted by Crippen LogP contribution is -2.50. The fourth-order valence-electron chi connectivity index (χ4n) is 2.73. The topological polar surface area (TPSA) is 55.9 Å². The Balaban J connectivity index is 0.00000288. The van der Waals surface area contributed by atoms with Crippen molar-refractivity contribution in [3.63, 3.8) is 0 Å². The number of hydrogen-bond donors (Lipinski definition) is 1. The molecular weight excluding hydrogens is 328 g/mol. The molecule has 2 amide bonds. The smallest absolute Gasteiger partial charge is 0.241 e. The van der Waals surface area contributed by atoms with Crippen molar-refractivity contribution in [1.82, 2.24) is 15.1 Å². The minimum atomic E-state index is 0. The van der Waals surface area contributed by atoms with Crippen LogP contribution in [0.5, 0.6) is 0 Å². The van der Waals surface area contributed by atoms with Gasteiger partial charge in [-0.1, -0.05) is 18.2 Å². The molecule has 1 aromatic carbocycles. The SMILES string of the molecule is CCN(C(=O)CN(C)CC(=O)N1CCNCC1)c1ccccc1.Cl. The summed E-state index contributed by atoms with van der Waals surface area (Å²) in [5.74, 6) is 0.0962. The van der Waals surface area contributed by atoms with Gasteiger partial charge in [0.15, 0.2) is 0 Å². The third-order valence-electron chi connectivity index (χ3n) is 3.97. The third kappa shape index (κ3) is 5.78. The lowest BCUT2D eigenvalue weighted by Gasteiger charge is -2.29. The van der Waals surface area contributed by atoms with Gasteiger partial charge >= 0.3 is 0 Å². The van der Waals surface area contributed by atoms with Gasteiger partial charge < -0.3 is 15.1 Å². The lowest BCUT2D eigenvalue weighted by atomic mass is 10.2. The standard InChI is InChI=1S/C17H26N4O2.ClH/c1-3-21(15-7-5-4-6-8-15)17(23)14-19(2)13-16(22)20-11-9-18-10-12-20;/h4-8,18H,3,9-14H2,1-2H3;1H. The van der Waals surface area contributed by atoms with E-state index in [2.05, 4.69) is 5.32 Å². The molecule has 1 aliphatic rings. The number of piperazine rings is 1. The van der Waals surface area contributed by atoms with Crippen LogP contribution in [0, 0.1) is 0 Å². The van der Waals surface area contributed by atoms with Gasteiger partial charge in [-0.3, -0.25) is 14.5 Å². The number of rotatable bonds is 6. The van der Waals surface area contributed by atoms with Crippen LogP contribution in [-0.4, -0.2) is 74.5 Å². The number of benzene rings is 1. The molecule has 2 rings (SSSR count). The number of nitrogens with one attached hydrogen (secondary N) is 1. The Morgan fingerprint density at radius 2 is 1.75 bits per heavy atom. The fraction of sp³-hybridized carbons (Fsp3) is 0.529. The molecule has 0 aromatic heterocycles. The van der Waals surface area contributed by atoms with E-state index in [4.69, 9.17) is 0 Å². The van der Waals surface area contributed by atoms with Crippen LogP contribution < -0.4 is 10.2 Å². The summed E-state index contributed by atoms with van der Waals surface area (Å²) in [6.07, 6.45) is 0. The van der Waals surface area contributed by atoms with Gasteiger partial charge in [-0.15, -0.1) is 12.4 Å². The van der Waals surface area contributed by atoms with Gasteiger partial charge in [0, 0.05) is 38.4 Å². The van der Waals surface area contributed by atoms with E-state index in [-0.39, 0.29) is 37.3 Å². The van der Waals surface area contributed by atoms with Gasteiger partial charge in [-0.2, -0.15) is 0 Å². The summed E-state index contributed by atoms with van der Waals surface area (Å²) in [6, 6.07) is 9.62. The third-order valence-corrected chi connectivity index (χ3v) is 3.97. The van der Waals surface area contributed by atoms with Crippen LogP contribution in [0.1, 0.15) is 6.92 Å². The summed E-state index contributed by atoms with van der Waals surface area (Å²) < 4.78 is 0. The molecule has 0 atom stereocenters. The fourth-order valence-corrected chi connectivity index (χ4v) is 2.73. The van der Waals surface area contributed by atoms with Crippen LogP contribution in [0.25, 0.3) is 0 Å². The summed E-state index contributed by atoms with van der Waals surface area (Å²) in [5, 5.41) is 3.23. The quantitative estimate of drug-likeness (QED) is 0.822. The molecule has 1 aromatic rings. The Labute approximate surface area is 150 Å². The highest BCUT2D eigenvalue weighted by atomic mass is 35.5. The van der Waals surface area contributed by atoms with Crippen LogP contribution in [0.4, 0.5) is 5.69 Å². The van der Waals surface area contributed by atoms with E-state index in [0.717, 1.165) is 31.9 Å². The lowest BCUT2D eigenvalue weighted by molar-refractivity contribution is -0.133. The molecule has 1 heterocycles. The Morgan fingerprint density at radius 3 is 2.33 bits per heavy atom. The van der Waals surface area contributed by atoms with Crippen molar-refractivity contribution < 1.29 is 9.59 Å². The maximum Gasteiger partial charge on any atom is 0.241 e. The van der Waals surface area contributed by atoms with E-state index in [1.165, 1.54) is 0 Å². The van der Waals surface area contributed by atoms with Gasteiger partial charge in [0.25, 0.3) is 0 Å². The zero-order chi connectivity index (χ0) is 16.7. The van der Waals surface area contributed by atoms with Crippen LogP contribution in [0.15, 0.2) is 30.3 Å². The first-order valence-corrected chi connectivity index (χ1v) is 8.14. The zero-order valence-corrected chi connectivity index (χ0v) is 15.2. The normalized spacial score (nSPS) is 14.2. The number of carbonyl (C=O) groups is 2. The number of amides is 2. The highest BCUT2D eigenvalue weighted by molar-refractivity contribution is 5.95. The molecule has 0 radical (unpaired) electrons. The van der Waals surface area contributed by atoms with Crippen molar-refractivity contribution in [1.29, 1.82) is 0 Å². The van der Waals surface area contributed by atoms with E-state index < -0.39 is 0 Å². The van der Waals surface area contributed by atoms with Crippen molar-refractivity contribution in [3.8, 4) is 0 Å². The molecular formula is C17H27ClN4O2. The summed E-state index contributed by atoms with van der Waals surface area (Å²) >= 11 is 0. The molecule has 0 unspecified atom stereocenters. The van der Waals surface area contributed by atoms with E-state index >= 15 is 0 Å². The minimum Gasteiger partial charge on any atom is -0.339 e. The Hall–Kier alpha value is -1.63. The molecule has 6 nitrogen and oxygen atoms in total. The number of hydrogen-bond acceptors (Lipinski definition) is 4. The molecule has 1 N–H and O–H groups in total. The molecule has 0 saturated carbocycles. The highest BCUT2D eigenvalue weighted by Crippen LogP contribution is 2.13. The summed E-state index contributed by atoms with van der Waals surface area (Å²) in [6.45, 7) is 6.24. The molecule has 1 aliphatic heterocycles. The molecule has 134 valence electrons. The molecule has 0 aliphatic carbocycles. The van der Waals surface area contributed by atoms with E-state index in [9.17, 15) is 9.59 Å². The number of anilines is 1. The number of nitrogens with zero attached hydrogens (tertiary/aromatic N) is 3. The van der Waals surface area contributed by atoms with Gasteiger partial charge in [0.1, 0.15) is 0 Å². The molecule has 7 heteroatoms. The first-order valence-electron chi connectivity index (χ1n) is 8.14. The second kappa shape index (κ2) is 10.3. The van der Waals surface area contributed by atoms with Gasteiger partial charge in [0.2, 0.25) is 11.8 Å². The number of para-hydroxylation sites is 1. The van der Waals surface area contributed by atoms with Crippen molar-refractivity contribution in [2.24, 2.45) is 0 Å². The van der Waals surface area contributed by atoms with Gasteiger partial charge in [-0.25, -0.2) is 0 Å². The molecule has 0 spiro atoms. The summed E-state index contributed by atoms with van der Waals surface area (Å²) in [4.78, 5) is 30.1. The van der Waals surface area contributed by atoms with Gasteiger partial charge in [0.05, 0.1) is 13.1 Å².